The highest BCUT2D eigenvalue weighted by Crippen LogP contribution is 2.36. The summed E-state index contributed by atoms with van der Waals surface area (Å²) >= 11 is 6.16. The molecule has 9 heteroatoms. The number of nitrogens with one attached hydrogen (secondary N) is 1. The van der Waals surface area contributed by atoms with Gasteiger partial charge in [-0.1, -0.05) is 29.8 Å². The van der Waals surface area contributed by atoms with Gasteiger partial charge in [0, 0.05) is 12.6 Å². The molecule has 158 valence electrons. The number of ketones is 1. The smallest absolute Gasteiger partial charge is 0.325 e. The summed E-state index contributed by atoms with van der Waals surface area (Å²) < 4.78 is 10.4. The monoisotopic (exact) mass is 431 g/mol. The van der Waals surface area contributed by atoms with Gasteiger partial charge in [0.2, 0.25) is 5.91 Å². The van der Waals surface area contributed by atoms with Crippen molar-refractivity contribution in [3.05, 3.63) is 47.0 Å². The van der Waals surface area contributed by atoms with Crippen LogP contribution in [0.3, 0.4) is 0 Å². The van der Waals surface area contributed by atoms with Crippen LogP contribution in [0.2, 0.25) is 5.02 Å². The number of carbonyl (C=O) groups is 3. The van der Waals surface area contributed by atoms with Crippen LogP contribution in [0.1, 0.15) is 12.5 Å². The van der Waals surface area contributed by atoms with Crippen molar-refractivity contribution in [3.8, 4) is 11.5 Å². The Kier molecular flexibility index (Phi) is 6.47. The second kappa shape index (κ2) is 9.04. The number of benzene rings is 2. The lowest BCUT2D eigenvalue weighted by Gasteiger charge is -2.36. The van der Waals surface area contributed by atoms with Crippen LogP contribution in [-0.4, -0.2) is 49.9 Å². The molecule has 1 heterocycles. The summed E-state index contributed by atoms with van der Waals surface area (Å²) in [7, 11) is 2.94. The van der Waals surface area contributed by atoms with E-state index in [-0.39, 0.29) is 18.9 Å². The van der Waals surface area contributed by atoms with Gasteiger partial charge in [0.05, 0.1) is 37.2 Å². The number of halogens is 1. The molecule has 8 nitrogen and oxygen atoms in total. The zero-order chi connectivity index (χ0) is 21.8. The Morgan fingerprint density at radius 3 is 2.47 bits per heavy atom. The molecule has 0 bridgehead atoms. The predicted molar refractivity (Wildman–Crippen MR) is 113 cm³/mol. The number of nitrogens with zero attached hydrogens (tertiary/aromatic N) is 2. The van der Waals surface area contributed by atoms with Crippen LogP contribution in [0.15, 0.2) is 36.4 Å². The minimum absolute atomic E-state index is 0.0206. The first kappa shape index (κ1) is 21.4. The summed E-state index contributed by atoms with van der Waals surface area (Å²) in [6.45, 7) is 1.48. The Labute approximate surface area is 179 Å². The molecule has 3 rings (SSSR count). The number of rotatable bonds is 7. The molecule has 1 aliphatic rings. The Bertz CT molecular complexity index is 995. The fourth-order valence-corrected chi connectivity index (χ4v) is 3.53. The molecule has 0 aliphatic carbocycles. The molecular formula is C21H22ClN3O5. The third-order valence-electron chi connectivity index (χ3n) is 4.61. The maximum Gasteiger partial charge on any atom is 0.325 e. The number of fused-ring (bicyclic) bond motifs is 1. The first-order chi connectivity index (χ1) is 14.3. The summed E-state index contributed by atoms with van der Waals surface area (Å²) in [5.74, 6) is 0.201. The maximum absolute atomic E-state index is 12.9. The third kappa shape index (κ3) is 4.49. The lowest BCUT2D eigenvalue weighted by Crippen LogP contribution is -2.51. The number of para-hydroxylation sites is 1. The van der Waals surface area contributed by atoms with Gasteiger partial charge in [0.15, 0.2) is 0 Å². The van der Waals surface area contributed by atoms with E-state index in [1.807, 2.05) is 12.1 Å². The normalized spacial score (nSPS) is 13.0. The lowest BCUT2D eigenvalue weighted by atomic mass is 10.1. The van der Waals surface area contributed by atoms with Crippen molar-refractivity contribution in [2.75, 3.05) is 37.5 Å². The molecular weight excluding hydrogens is 410 g/mol. The minimum Gasteiger partial charge on any atom is -0.495 e. The molecule has 0 atom stereocenters. The number of hydrogen-bond acceptors (Lipinski definition) is 5. The fourth-order valence-electron chi connectivity index (χ4n) is 3.29. The van der Waals surface area contributed by atoms with Gasteiger partial charge in [-0.2, -0.15) is 0 Å². The van der Waals surface area contributed by atoms with E-state index < -0.39 is 11.9 Å². The van der Waals surface area contributed by atoms with Crippen LogP contribution < -0.4 is 19.7 Å². The van der Waals surface area contributed by atoms with Crippen molar-refractivity contribution >= 4 is 40.7 Å². The largest absolute Gasteiger partial charge is 0.495 e. The van der Waals surface area contributed by atoms with Crippen LogP contribution in [-0.2, 0) is 16.1 Å². The Morgan fingerprint density at radius 1 is 1.10 bits per heavy atom. The molecule has 0 aromatic heterocycles. The molecule has 1 N–H and O–H groups in total. The number of ether oxygens (including phenoxy) is 2. The molecule has 0 fully saturated rings. The summed E-state index contributed by atoms with van der Waals surface area (Å²) in [4.78, 5) is 40.0. The van der Waals surface area contributed by atoms with Crippen molar-refractivity contribution in [3.63, 3.8) is 0 Å². The van der Waals surface area contributed by atoms with Gasteiger partial charge in [0.25, 0.3) is 0 Å². The average molecular weight is 432 g/mol. The number of carbonyl (C=O) groups excluding carboxylic acids is 3. The van der Waals surface area contributed by atoms with Gasteiger partial charge in [-0.25, -0.2) is 4.79 Å². The second-order valence-corrected chi connectivity index (χ2v) is 7.20. The molecule has 3 amide bonds. The fraction of sp³-hybridized carbons (Fsp3) is 0.286. The van der Waals surface area contributed by atoms with Crippen LogP contribution in [0.4, 0.5) is 16.2 Å². The summed E-state index contributed by atoms with van der Waals surface area (Å²) in [5.41, 5.74) is 1.85. The summed E-state index contributed by atoms with van der Waals surface area (Å²) in [6.07, 6.45) is 0. The molecule has 2 aromatic rings. The number of Topliss-reactive ketones (excluding diaryl/α,β-unsaturated/α-hetero) is 1. The summed E-state index contributed by atoms with van der Waals surface area (Å²) in [6, 6.07) is 9.97. The number of methoxy groups -OCH3 is 2. The van der Waals surface area contributed by atoms with E-state index in [1.54, 1.807) is 18.2 Å². The first-order valence-electron chi connectivity index (χ1n) is 9.19. The third-order valence-corrected chi connectivity index (χ3v) is 4.90. The topological polar surface area (TPSA) is 88.2 Å². The van der Waals surface area contributed by atoms with Gasteiger partial charge >= 0.3 is 6.03 Å². The molecule has 2 aromatic carbocycles. The van der Waals surface area contributed by atoms with Gasteiger partial charge in [-0.05, 0) is 24.6 Å². The predicted octanol–water partition coefficient (Wildman–Crippen LogP) is 3.33. The van der Waals surface area contributed by atoms with Crippen LogP contribution >= 0.6 is 11.6 Å². The van der Waals surface area contributed by atoms with Crippen molar-refractivity contribution in [2.24, 2.45) is 0 Å². The Morgan fingerprint density at radius 2 is 1.80 bits per heavy atom. The maximum atomic E-state index is 12.9. The quantitative estimate of drug-likeness (QED) is 0.726. The highest BCUT2D eigenvalue weighted by molar-refractivity contribution is 6.32. The van der Waals surface area contributed by atoms with E-state index in [0.717, 1.165) is 5.56 Å². The lowest BCUT2D eigenvalue weighted by molar-refractivity contribution is -0.117. The molecule has 0 radical (unpaired) electrons. The molecule has 30 heavy (non-hydrogen) atoms. The zero-order valence-corrected chi connectivity index (χ0v) is 17.7. The molecule has 1 aliphatic heterocycles. The van der Waals surface area contributed by atoms with Gasteiger partial charge in [0.1, 0.15) is 23.8 Å². The van der Waals surface area contributed by atoms with Crippen molar-refractivity contribution in [1.82, 2.24) is 4.90 Å². The number of urea groups is 1. The number of anilines is 2. The molecule has 0 spiro atoms. The highest BCUT2D eigenvalue weighted by Gasteiger charge is 2.32. The van der Waals surface area contributed by atoms with Gasteiger partial charge in [-0.3, -0.25) is 14.5 Å². The molecule has 0 saturated carbocycles. The van der Waals surface area contributed by atoms with Gasteiger partial charge < -0.3 is 19.7 Å². The van der Waals surface area contributed by atoms with E-state index in [0.29, 0.717) is 34.4 Å². The molecule has 0 saturated heterocycles. The van der Waals surface area contributed by atoms with E-state index in [9.17, 15) is 14.4 Å². The van der Waals surface area contributed by atoms with E-state index in [1.165, 1.54) is 37.0 Å². The number of hydrogen-bond donors (Lipinski definition) is 1. The van der Waals surface area contributed by atoms with E-state index in [2.05, 4.69) is 5.32 Å². The zero-order valence-electron chi connectivity index (χ0n) is 16.9. The second-order valence-electron chi connectivity index (χ2n) is 6.79. The van der Waals surface area contributed by atoms with Crippen molar-refractivity contribution in [2.45, 2.75) is 13.5 Å². The average Bonchev–Trinajstić information content (AvgIpc) is 2.71. The molecule has 0 unspecified atom stereocenters. The Hall–Kier alpha value is -3.26. The minimum atomic E-state index is -0.442. The summed E-state index contributed by atoms with van der Waals surface area (Å²) in [5, 5.41) is 3.03. The number of amides is 3. The van der Waals surface area contributed by atoms with Crippen molar-refractivity contribution < 1.29 is 23.9 Å². The van der Waals surface area contributed by atoms with Crippen LogP contribution in [0, 0.1) is 0 Å². The Balaban J connectivity index is 1.84. The van der Waals surface area contributed by atoms with E-state index >= 15 is 0 Å². The first-order valence-corrected chi connectivity index (χ1v) is 9.57. The van der Waals surface area contributed by atoms with Crippen LogP contribution in [0.25, 0.3) is 0 Å². The van der Waals surface area contributed by atoms with Crippen molar-refractivity contribution in [1.29, 1.82) is 0 Å². The van der Waals surface area contributed by atoms with E-state index in [4.69, 9.17) is 21.1 Å². The van der Waals surface area contributed by atoms with Gasteiger partial charge in [-0.15, -0.1) is 0 Å². The standard InChI is InChI=1S/C21H22ClN3O5/c1-13(26)10-24-11-14-6-4-5-7-17(14)25(21(24)28)12-20(27)23-16-8-15(22)18(29-2)9-19(16)30-3/h4-9H,10-12H2,1-3H3,(H,23,27). The SMILES string of the molecule is COc1cc(OC)c(NC(=O)CN2C(=O)N(CC(C)=O)Cc3ccccc32)cc1Cl. The van der Waals surface area contributed by atoms with Crippen LogP contribution in [0.5, 0.6) is 11.5 Å². The highest BCUT2D eigenvalue weighted by atomic mass is 35.5.